The smallest absolute Gasteiger partial charge is 0.234 e. The third-order valence-corrected chi connectivity index (χ3v) is 4.00. The van der Waals surface area contributed by atoms with Gasteiger partial charge >= 0.3 is 0 Å². The Morgan fingerprint density at radius 1 is 1.45 bits per heavy atom. The Bertz CT molecular complexity index is 541. The summed E-state index contributed by atoms with van der Waals surface area (Å²) in [6, 6.07) is 3.84. The minimum atomic E-state index is 0.000455. The van der Waals surface area contributed by atoms with E-state index >= 15 is 0 Å². The lowest BCUT2D eigenvalue weighted by Crippen LogP contribution is -2.43. The van der Waals surface area contributed by atoms with Gasteiger partial charge in [-0.05, 0) is 37.9 Å². The van der Waals surface area contributed by atoms with Crippen LogP contribution in [0.5, 0.6) is 0 Å². The van der Waals surface area contributed by atoms with Gasteiger partial charge in [-0.3, -0.25) is 4.98 Å². The molecule has 3 rings (SSSR count). The molecule has 0 spiro atoms. The molecular formula is C15H20N4O. The highest BCUT2D eigenvalue weighted by atomic mass is 16.5. The van der Waals surface area contributed by atoms with Crippen LogP contribution in [-0.2, 0) is 5.41 Å². The SMILES string of the molecule is CCCC1(c2nc(-c3cccnc3)no2)CCCNC1. The van der Waals surface area contributed by atoms with E-state index in [-0.39, 0.29) is 5.41 Å². The Kier molecular flexibility index (Phi) is 3.78. The van der Waals surface area contributed by atoms with E-state index in [4.69, 9.17) is 4.52 Å². The standard InChI is InChI=1S/C15H20N4O/c1-2-6-15(7-4-9-17-11-15)14-18-13(19-20-14)12-5-3-8-16-10-12/h3,5,8,10,17H,2,4,6-7,9,11H2,1H3. The zero-order chi connectivity index (χ0) is 13.8. The van der Waals surface area contributed by atoms with Crippen LogP contribution < -0.4 is 5.32 Å². The van der Waals surface area contributed by atoms with E-state index in [0.29, 0.717) is 5.82 Å². The zero-order valence-electron chi connectivity index (χ0n) is 11.8. The van der Waals surface area contributed by atoms with Crippen molar-refractivity contribution < 1.29 is 4.52 Å². The number of hydrogen-bond donors (Lipinski definition) is 1. The minimum Gasteiger partial charge on any atom is -0.338 e. The van der Waals surface area contributed by atoms with E-state index in [1.807, 2.05) is 12.1 Å². The molecule has 1 N–H and O–H groups in total. The molecule has 0 amide bonds. The maximum absolute atomic E-state index is 5.59. The molecular weight excluding hydrogens is 252 g/mol. The highest BCUT2D eigenvalue weighted by Crippen LogP contribution is 2.35. The topological polar surface area (TPSA) is 63.8 Å². The molecule has 1 saturated heterocycles. The second kappa shape index (κ2) is 5.71. The van der Waals surface area contributed by atoms with Crippen LogP contribution in [0.15, 0.2) is 29.0 Å². The van der Waals surface area contributed by atoms with Crippen LogP contribution >= 0.6 is 0 Å². The Hall–Kier alpha value is -1.75. The highest BCUT2D eigenvalue weighted by molar-refractivity contribution is 5.52. The summed E-state index contributed by atoms with van der Waals surface area (Å²) in [6.07, 6.45) is 7.97. The summed E-state index contributed by atoms with van der Waals surface area (Å²) in [5.74, 6) is 1.40. The molecule has 20 heavy (non-hydrogen) atoms. The van der Waals surface area contributed by atoms with Crippen LogP contribution in [0.1, 0.15) is 38.5 Å². The molecule has 0 saturated carbocycles. The van der Waals surface area contributed by atoms with Gasteiger partial charge in [-0.2, -0.15) is 4.98 Å². The summed E-state index contributed by atoms with van der Waals surface area (Å²) < 4.78 is 5.59. The number of aromatic nitrogens is 3. The Labute approximate surface area is 118 Å². The van der Waals surface area contributed by atoms with Gasteiger partial charge in [-0.15, -0.1) is 0 Å². The van der Waals surface area contributed by atoms with Crippen molar-refractivity contribution in [2.24, 2.45) is 0 Å². The van der Waals surface area contributed by atoms with Gasteiger partial charge in [0.05, 0.1) is 5.41 Å². The van der Waals surface area contributed by atoms with E-state index in [1.54, 1.807) is 12.4 Å². The molecule has 5 nitrogen and oxygen atoms in total. The lowest BCUT2D eigenvalue weighted by Gasteiger charge is -2.34. The molecule has 1 fully saturated rings. The average Bonchev–Trinajstić information content (AvgIpc) is 3.00. The number of pyridine rings is 1. The quantitative estimate of drug-likeness (QED) is 0.926. The summed E-state index contributed by atoms with van der Waals surface area (Å²) >= 11 is 0. The molecule has 1 atom stereocenters. The van der Waals surface area contributed by atoms with Crippen molar-refractivity contribution in [3.63, 3.8) is 0 Å². The number of piperidine rings is 1. The maximum atomic E-state index is 5.59. The van der Waals surface area contributed by atoms with Crippen LogP contribution in [0, 0.1) is 0 Å². The fraction of sp³-hybridized carbons (Fsp3) is 0.533. The molecule has 2 aromatic heterocycles. The number of hydrogen-bond acceptors (Lipinski definition) is 5. The highest BCUT2D eigenvalue weighted by Gasteiger charge is 2.38. The Morgan fingerprint density at radius 2 is 2.40 bits per heavy atom. The van der Waals surface area contributed by atoms with Crippen molar-refractivity contribution in [2.45, 2.75) is 38.0 Å². The summed E-state index contributed by atoms with van der Waals surface area (Å²) in [4.78, 5) is 8.74. The number of nitrogens with one attached hydrogen (secondary N) is 1. The summed E-state index contributed by atoms with van der Waals surface area (Å²) in [6.45, 7) is 4.21. The van der Waals surface area contributed by atoms with Crippen LogP contribution in [0.4, 0.5) is 0 Å². The van der Waals surface area contributed by atoms with Gasteiger partial charge in [0.1, 0.15) is 0 Å². The summed E-state index contributed by atoms with van der Waals surface area (Å²) in [5, 5.41) is 7.60. The van der Waals surface area contributed by atoms with Crippen molar-refractivity contribution >= 4 is 0 Å². The first-order valence-corrected chi connectivity index (χ1v) is 7.29. The summed E-state index contributed by atoms with van der Waals surface area (Å²) in [7, 11) is 0. The largest absolute Gasteiger partial charge is 0.338 e. The molecule has 0 aromatic carbocycles. The number of nitrogens with zero attached hydrogens (tertiary/aromatic N) is 3. The molecule has 3 heterocycles. The molecule has 5 heteroatoms. The van der Waals surface area contributed by atoms with Gasteiger partial charge in [-0.1, -0.05) is 18.5 Å². The van der Waals surface area contributed by atoms with Gasteiger partial charge in [0.15, 0.2) is 0 Å². The van der Waals surface area contributed by atoms with E-state index in [0.717, 1.165) is 50.2 Å². The first kappa shape index (κ1) is 13.2. The van der Waals surface area contributed by atoms with E-state index in [9.17, 15) is 0 Å². The molecule has 0 radical (unpaired) electrons. The molecule has 1 aliphatic rings. The van der Waals surface area contributed by atoms with Crippen molar-refractivity contribution in [1.82, 2.24) is 20.4 Å². The first-order valence-electron chi connectivity index (χ1n) is 7.29. The fourth-order valence-corrected chi connectivity index (χ4v) is 3.00. The predicted octanol–water partition coefficient (Wildman–Crippen LogP) is 2.55. The average molecular weight is 272 g/mol. The van der Waals surface area contributed by atoms with E-state index in [2.05, 4.69) is 27.4 Å². The molecule has 2 aromatic rings. The van der Waals surface area contributed by atoms with Crippen molar-refractivity contribution in [3.05, 3.63) is 30.4 Å². The lowest BCUT2D eigenvalue weighted by molar-refractivity contribution is 0.213. The second-order valence-electron chi connectivity index (χ2n) is 5.48. The molecule has 0 bridgehead atoms. The Morgan fingerprint density at radius 3 is 3.10 bits per heavy atom. The van der Waals surface area contributed by atoms with Gasteiger partial charge in [-0.25, -0.2) is 0 Å². The lowest BCUT2D eigenvalue weighted by atomic mass is 9.77. The fourth-order valence-electron chi connectivity index (χ4n) is 3.00. The second-order valence-corrected chi connectivity index (χ2v) is 5.48. The van der Waals surface area contributed by atoms with E-state index < -0.39 is 0 Å². The molecule has 1 aliphatic heterocycles. The first-order chi connectivity index (χ1) is 9.84. The van der Waals surface area contributed by atoms with Crippen molar-refractivity contribution in [3.8, 4) is 11.4 Å². The van der Waals surface area contributed by atoms with E-state index in [1.165, 1.54) is 0 Å². The third-order valence-electron chi connectivity index (χ3n) is 4.00. The predicted molar refractivity (Wildman–Crippen MR) is 76.2 cm³/mol. The van der Waals surface area contributed by atoms with Crippen LogP contribution in [0.3, 0.4) is 0 Å². The van der Waals surface area contributed by atoms with Crippen molar-refractivity contribution in [1.29, 1.82) is 0 Å². The molecule has 106 valence electrons. The van der Waals surface area contributed by atoms with Crippen LogP contribution in [-0.4, -0.2) is 28.2 Å². The van der Waals surface area contributed by atoms with Crippen LogP contribution in [0.2, 0.25) is 0 Å². The summed E-state index contributed by atoms with van der Waals surface area (Å²) in [5.41, 5.74) is 0.901. The normalized spacial score (nSPS) is 22.9. The Balaban J connectivity index is 1.91. The van der Waals surface area contributed by atoms with Gasteiger partial charge in [0.25, 0.3) is 0 Å². The van der Waals surface area contributed by atoms with Crippen molar-refractivity contribution in [2.75, 3.05) is 13.1 Å². The third kappa shape index (κ3) is 2.45. The minimum absolute atomic E-state index is 0.000455. The van der Waals surface area contributed by atoms with Gasteiger partial charge in [0.2, 0.25) is 11.7 Å². The monoisotopic (exact) mass is 272 g/mol. The van der Waals surface area contributed by atoms with Gasteiger partial charge in [0, 0.05) is 24.5 Å². The zero-order valence-corrected chi connectivity index (χ0v) is 11.8. The van der Waals surface area contributed by atoms with Gasteiger partial charge < -0.3 is 9.84 Å². The number of rotatable bonds is 4. The van der Waals surface area contributed by atoms with Crippen LogP contribution in [0.25, 0.3) is 11.4 Å². The molecule has 0 aliphatic carbocycles. The maximum Gasteiger partial charge on any atom is 0.234 e. The molecule has 1 unspecified atom stereocenters.